The summed E-state index contributed by atoms with van der Waals surface area (Å²) in [6.07, 6.45) is -1.78. The molecule has 1 N–H and O–H groups in total. The Labute approximate surface area is 195 Å². The fourth-order valence-electron chi connectivity index (χ4n) is 3.21. The van der Waals surface area contributed by atoms with E-state index in [1.54, 1.807) is 31.3 Å². The molecule has 0 fully saturated rings. The molecule has 2 aromatic carbocycles. The molecule has 6 nitrogen and oxygen atoms in total. The van der Waals surface area contributed by atoms with Crippen LogP contribution in [0, 0.1) is 0 Å². The van der Waals surface area contributed by atoms with E-state index in [1.165, 1.54) is 36.4 Å². The van der Waals surface area contributed by atoms with Gasteiger partial charge in [0.1, 0.15) is 0 Å². The molecular formula is C24H22F3N3O3S. The Hall–Kier alpha value is -3.66. The summed E-state index contributed by atoms with van der Waals surface area (Å²) in [7, 11) is -4.31. The number of anilines is 1. The Morgan fingerprint density at radius 2 is 1.85 bits per heavy atom. The van der Waals surface area contributed by atoms with Crippen molar-refractivity contribution in [2.45, 2.75) is 24.0 Å². The van der Waals surface area contributed by atoms with Crippen LogP contribution in [0.1, 0.15) is 34.6 Å². The fraction of sp³-hybridized carbons (Fsp3) is 0.167. The summed E-state index contributed by atoms with van der Waals surface area (Å²) >= 11 is 0. The molecule has 0 saturated heterocycles. The third kappa shape index (κ3) is 5.63. The zero-order chi connectivity index (χ0) is 24.9. The van der Waals surface area contributed by atoms with Gasteiger partial charge < -0.3 is 5.32 Å². The number of sulfonamides is 1. The number of rotatable bonds is 8. The normalized spacial score (nSPS) is 12.6. The number of benzene rings is 2. The van der Waals surface area contributed by atoms with Gasteiger partial charge in [-0.1, -0.05) is 24.3 Å². The second-order valence-electron chi connectivity index (χ2n) is 7.35. The summed E-state index contributed by atoms with van der Waals surface area (Å²) < 4.78 is 67.0. The van der Waals surface area contributed by atoms with E-state index < -0.39 is 33.7 Å². The average Bonchev–Trinajstić information content (AvgIpc) is 2.82. The summed E-state index contributed by atoms with van der Waals surface area (Å²) in [4.78, 5) is 16.7. The van der Waals surface area contributed by atoms with Crippen molar-refractivity contribution in [1.82, 2.24) is 10.3 Å². The van der Waals surface area contributed by atoms with Crippen molar-refractivity contribution in [1.29, 1.82) is 0 Å². The van der Waals surface area contributed by atoms with E-state index in [4.69, 9.17) is 0 Å². The van der Waals surface area contributed by atoms with Crippen molar-refractivity contribution in [3.05, 3.63) is 102 Å². The SMILES string of the molecule is C=CCN(c1cccc(C(F)(F)F)c1)S(=O)(=O)c1cccc(C(=O)NC(C)c2ccccn2)c1. The summed E-state index contributed by atoms with van der Waals surface area (Å²) in [5.74, 6) is -0.524. The standard InChI is InChI=1S/C24H22F3N3O3S/c1-3-14-30(20-10-7-9-19(16-20)24(25,26)27)34(32,33)21-11-6-8-18(15-21)23(31)29-17(2)22-12-4-5-13-28-22/h3-13,15-17H,1,14H2,2H3,(H,29,31). The van der Waals surface area contributed by atoms with Gasteiger partial charge in [0.05, 0.1) is 34.4 Å². The number of carbonyl (C=O) groups excluding carboxylic acids is 1. The highest BCUT2D eigenvalue weighted by atomic mass is 32.2. The van der Waals surface area contributed by atoms with Crippen LogP contribution in [0.25, 0.3) is 0 Å². The minimum atomic E-state index is -4.64. The average molecular weight is 490 g/mol. The van der Waals surface area contributed by atoms with E-state index in [1.807, 2.05) is 0 Å². The van der Waals surface area contributed by atoms with Crippen LogP contribution in [0.3, 0.4) is 0 Å². The second-order valence-corrected chi connectivity index (χ2v) is 9.21. The van der Waals surface area contributed by atoms with Gasteiger partial charge in [-0.3, -0.25) is 14.1 Å². The number of nitrogens with one attached hydrogen (secondary N) is 1. The maximum absolute atomic E-state index is 13.4. The molecule has 1 aromatic heterocycles. The molecule has 1 amide bonds. The number of alkyl halides is 3. The highest BCUT2D eigenvalue weighted by Gasteiger charge is 2.32. The third-order valence-corrected chi connectivity index (χ3v) is 6.71. The Kier molecular flexibility index (Phi) is 7.41. The summed E-state index contributed by atoms with van der Waals surface area (Å²) in [5, 5.41) is 2.75. The number of halogens is 3. The molecule has 1 unspecified atom stereocenters. The van der Waals surface area contributed by atoms with Crippen LogP contribution in [0.2, 0.25) is 0 Å². The third-order valence-electron chi connectivity index (χ3n) is 4.92. The monoisotopic (exact) mass is 489 g/mol. The Morgan fingerprint density at radius 1 is 1.12 bits per heavy atom. The molecule has 10 heteroatoms. The quantitative estimate of drug-likeness (QED) is 0.453. The van der Waals surface area contributed by atoms with Crippen LogP contribution in [-0.4, -0.2) is 25.9 Å². The maximum Gasteiger partial charge on any atom is 0.416 e. The first-order valence-electron chi connectivity index (χ1n) is 10.2. The number of aromatic nitrogens is 1. The lowest BCUT2D eigenvalue weighted by Crippen LogP contribution is -2.32. The zero-order valence-electron chi connectivity index (χ0n) is 18.2. The molecule has 1 heterocycles. The fourth-order valence-corrected chi connectivity index (χ4v) is 4.68. The molecule has 0 radical (unpaired) electrons. The van der Waals surface area contributed by atoms with Gasteiger partial charge in [0, 0.05) is 11.8 Å². The number of nitrogens with zero attached hydrogens (tertiary/aromatic N) is 2. The van der Waals surface area contributed by atoms with Crippen molar-refractivity contribution in [2.24, 2.45) is 0 Å². The highest BCUT2D eigenvalue weighted by Crippen LogP contribution is 2.33. The molecule has 0 saturated carbocycles. The predicted molar refractivity (Wildman–Crippen MR) is 123 cm³/mol. The first-order chi connectivity index (χ1) is 16.0. The predicted octanol–water partition coefficient (Wildman–Crippen LogP) is 4.97. The number of carbonyl (C=O) groups is 1. The summed E-state index contributed by atoms with van der Waals surface area (Å²) in [5.41, 5.74) is -0.452. The number of pyridine rings is 1. The van der Waals surface area contributed by atoms with Crippen LogP contribution in [0.5, 0.6) is 0 Å². The van der Waals surface area contributed by atoms with Crippen molar-refractivity contribution < 1.29 is 26.4 Å². The molecule has 3 aromatic rings. The van der Waals surface area contributed by atoms with Crippen molar-refractivity contribution >= 4 is 21.6 Å². The van der Waals surface area contributed by atoms with E-state index in [0.717, 1.165) is 22.5 Å². The largest absolute Gasteiger partial charge is 0.416 e. The lowest BCUT2D eigenvalue weighted by Gasteiger charge is -2.24. The lowest BCUT2D eigenvalue weighted by atomic mass is 10.1. The number of hydrogen-bond acceptors (Lipinski definition) is 4. The molecule has 0 aliphatic carbocycles. The van der Waals surface area contributed by atoms with Crippen molar-refractivity contribution in [2.75, 3.05) is 10.8 Å². The van der Waals surface area contributed by atoms with Gasteiger partial charge in [-0.15, -0.1) is 6.58 Å². The van der Waals surface area contributed by atoms with E-state index >= 15 is 0 Å². The Morgan fingerprint density at radius 3 is 2.50 bits per heavy atom. The molecule has 0 aliphatic rings. The van der Waals surface area contributed by atoms with E-state index in [9.17, 15) is 26.4 Å². The van der Waals surface area contributed by atoms with Gasteiger partial charge in [0.2, 0.25) is 0 Å². The van der Waals surface area contributed by atoms with E-state index in [0.29, 0.717) is 5.69 Å². The molecular weight excluding hydrogens is 467 g/mol. The minimum absolute atomic E-state index is 0.0754. The van der Waals surface area contributed by atoms with Crippen molar-refractivity contribution in [3.63, 3.8) is 0 Å². The number of hydrogen-bond donors (Lipinski definition) is 1. The van der Waals surface area contributed by atoms with Crippen LogP contribution < -0.4 is 9.62 Å². The Bertz CT molecular complexity index is 1280. The van der Waals surface area contributed by atoms with Crippen LogP contribution in [0.4, 0.5) is 18.9 Å². The molecule has 0 spiro atoms. The first-order valence-corrected chi connectivity index (χ1v) is 11.6. The summed E-state index contributed by atoms with van der Waals surface area (Å²) in [6.45, 7) is 4.98. The van der Waals surface area contributed by atoms with Crippen LogP contribution in [-0.2, 0) is 16.2 Å². The van der Waals surface area contributed by atoms with Gasteiger partial charge in [-0.05, 0) is 55.5 Å². The topological polar surface area (TPSA) is 79.4 Å². The van der Waals surface area contributed by atoms with Crippen molar-refractivity contribution in [3.8, 4) is 0 Å². The summed E-state index contributed by atoms with van der Waals surface area (Å²) in [6, 6.07) is 14.1. The Balaban J connectivity index is 1.93. The molecule has 0 aliphatic heterocycles. The van der Waals surface area contributed by atoms with Crippen LogP contribution >= 0.6 is 0 Å². The van der Waals surface area contributed by atoms with Gasteiger partial charge in [-0.25, -0.2) is 8.42 Å². The lowest BCUT2D eigenvalue weighted by molar-refractivity contribution is -0.137. The van der Waals surface area contributed by atoms with E-state index in [-0.39, 0.29) is 22.7 Å². The van der Waals surface area contributed by atoms with Gasteiger partial charge in [-0.2, -0.15) is 13.2 Å². The maximum atomic E-state index is 13.4. The first kappa shape index (κ1) is 25.0. The molecule has 0 bridgehead atoms. The highest BCUT2D eigenvalue weighted by molar-refractivity contribution is 7.92. The van der Waals surface area contributed by atoms with Gasteiger partial charge in [0.15, 0.2) is 0 Å². The van der Waals surface area contributed by atoms with Crippen LogP contribution in [0.15, 0.2) is 90.5 Å². The van der Waals surface area contributed by atoms with Gasteiger partial charge in [0.25, 0.3) is 15.9 Å². The minimum Gasteiger partial charge on any atom is -0.344 e. The molecule has 34 heavy (non-hydrogen) atoms. The molecule has 1 atom stereocenters. The molecule has 3 rings (SSSR count). The molecule has 178 valence electrons. The smallest absolute Gasteiger partial charge is 0.344 e. The number of amides is 1. The van der Waals surface area contributed by atoms with Gasteiger partial charge >= 0.3 is 6.18 Å². The van der Waals surface area contributed by atoms with E-state index in [2.05, 4.69) is 16.9 Å². The zero-order valence-corrected chi connectivity index (χ0v) is 19.0. The second kappa shape index (κ2) is 10.1.